The summed E-state index contributed by atoms with van der Waals surface area (Å²) in [6, 6.07) is 14.2. The number of nitrogens with two attached hydrogens (primary N) is 1. The molecule has 10 N–H and O–H groups in total. The number of aromatic nitrogens is 4. The summed E-state index contributed by atoms with van der Waals surface area (Å²) >= 11 is 0. The monoisotopic (exact) mass is 1260 g/mol. The number of aliphatic hydroxyl groups is 2. The number of imidazole rings is 1. The number of carbonyl (C=O) groups excluding carboxylic acids is 2. The van der Waals surface area contributed by atoms with E-state index in [1.54, 1.807) is 49.5 Å². The second-order valence-electron chi connectivity index (χ2n) is 23.1. The number of aliphatic hydroxyl groups excluding tert-OH is 2. The van der Waals surface area contributed by atoms with Gasteiger partial charge in [0.05, 0.1) is 39.6 Å². The number of H-pyrrole nitrogens is 1. The van der Waals surface area contributed by atoms with E-state index >= 15 is 0 Å². The first kappa shape index (κ1) is 64.6. The lowest BCUT2D eigenvalue weighted by Gasteiger charge is -2.44. The van der Waals surface area contributed by atoms with Gasteiger partial charge in [-0.15, -0.1) is 0 Å². The Bertz CT molecular complexity index is 4100. The van der Waals surface area contributed by atoms with Crippen LogP contribution in [0.3, 0.4) is 0 Å². The zero-order valence-corrected chi connectivity index (χ0v) is 51.7. The van der Waals surface area contributed by atoms with Gasteiger partial charge in [-0.2, -0.15) is 13.4 Å². The van der Waals surface area contributed by atoms with E-state index in [9.17, 15) is 55.1 Å². The normalized spacial score (nSPS) is 19.6. The molecule has 0 spiro atoms. The summed E-state index contributed by atoms with van der Waals surface area (Å²) in [5.74, 6) is -1.50. The predicted molar refractivity (Wildman–Crippen MR) is 323 cm³/mol. The van der Waals surface area contributed by atoms with Gasteiger partial charge in [0.2, 0.25) is 23.2 Å². The Balaban J connectivity index is 0.890. The van der Waals surface area contributed by atoms with E-state index in [1.807, 2.05) is 59.8 Å². The van der Waals surface area contributed by atoms with Crippen molar-refractivity contribution < 1.29 is 74.1 Å². The Morgan fingerprint density at radius 3 is 2.29 bits per heavy atom. The van der Waals surface area contributed by atoms with Gasteiger partial charge in [0.25, 0.3) is 21.6 Å². The molecular formula is C57H73N10O17PS2. The number of carbonyl (C=O) groups is 2. The van der Waals surface area contributed by atoms with Crippen LogP contribution in [0.15, 0.2) is 65.5 Å². The SMILES string of the molecule is CCN1c2cc3c(cc2C(CS(=O)(=O)[O-])=CC1(C)C)C(c1ccccc1C(=O)N(C)CCCC(=O)NCCCCCCNc1nc2c(=O)[nH]c(N)nc2n1[C@@H]1O[C@H](COP(=O)(O)O)[C@@H](O)[C@H]1O)=c1cc2c(cc1O3)=[N+](CC)C(C)(C)C=C2CS(=O)(=O)O. The quantitative estimate of drug-likeness (QED) is 0.0182. The summed E-state index contributed by atoms with van der Waals surface area (Å²) in [5, 5.41) is 28.7. The van der Waals surface area contributed by atoms with Crippen molar-refractivity contribution >= 4 is 85.3 Å². The Labute approximate surface area is 502 Å². The Morgan fingerprint density at radius 2 is 1.61 bits per heavy atom. The molecule has 9 rings (SSSR count). The van der Waals surface area contributed by atoms with Gasteiger partial charge < -0.3 is 60.2 Å². The van der Waals surface area contributed by atoms with Gasteiger partial charge in [-0.25, -0.2) is 22.5 Å². The smallest absolute Gasteiger partial charge is 0.469 e. The second-order valence-corrected chi connectivity index (χ2v) is 27.2. The van der Waals surface area contributed by atoms with Gasteiger partial charge in [-0.1, -0.05) is 37.1 Å². The van der Waals surface area contributed by atoms with Crippen molar-refractivity contribution in [3.63, 3.8) is 0 Å². The number of likely N-dealkylation sites (N-methyl/N-ethyl adjacent to an activating group) is 2. The lowest BCUT2D eigenvalue weighted by molar-refractivity contribution is -0.121. The number of nitrogen functional groups attached to an aromatic ring is 1. The average molecular weight is 1270 g/mol. The van der Waals surface area contributed by atoms with Crippen LogP contribution in [0, 0.1) is 0 Å². The van der Waals surface area contributed by atoms with Gasteiger partial charge >= 0.3 is 7.82 Å². The number of rotatable bonds is 24. The fourth-order valence-electron chi connectivity index (χ4n) is 12.2. The van der Waals surface area contributed by atoms with Crippen LogP contribution in [0.5, 0.6) is 11.5 Å². The minimum Gasteiger partial charge on any atom is -0.748 e. The number of hydrogen-bond donors (Lipinski definition) is 9. The highest BCUT2D eigenvalue weighted by molar-refractivity contribution is 7.86. The van der Waals surface area contributed by atoms with Crippen molar-refractivity contribution in [1.29, 1.82) is 0 Å². The van der Waals surface area contributed by atoms with Crippen LogP contribution in [-0.4, -0.2) is 169 Å². The molecule has 4 atom stereocenters. The van der Waals surface area contributed by atoms with E-state index in [-0.39, 0.29) is 53.4 Å². The molecule has 0 bridgehead atoms. The first-order valence-corrected chi connectivity index (χ1v) is 33.2. The van der Waals surface area contributed by atoms with Crippen molar-refractivity contribution in [2.24, 2.45) is 0 Å². The highest BCUT2D eigenvalue weighted by atomic mass is 32.2. The molecule has 2 amide bonds. The number of fused-ring (bicyclic) bond motifs is 5. The largest absolute Gasteiger partial charge is 0.748 e. The maximum absolute atomic E-state index is 14.8. The molecule has 4 aliphatic rings. The molecule has 1 saturated heterocycles. The van der Waals surface area contributed by atoms with E-state index in [4.69, 9.17) is 25.0 Å². The third kappa shape index (κ3) is 14.0. The summed E-state index contributed by atoms with van der Waals surface area (Å²) in [7, 11) is -12.6. The molecule has 27 nitrogen and oxygen atoms in total. The van der Waals surface area contributed by atoms with Gasteiger partial charge in [-0.05, 0) is 87.9 Å². The highest BCUT2D eigenvalue weighted by Crippen LogP contribution is 2.48. The van der Waals surface area contributed by atoms with Crippen molar-refractivity contribution in [3.05, 3.63) is 109 Å². The third-order valence-electron chi connectivity index (χ3n) is 15.9. The molecule has 0 radical (unpaired) electrons. The zero-order valence-electron chi connectivity index (χ0n) is 49.1. The van der Waals surface area contributed by atoms with Crippen LogP contribution in [0.1, 0.15) is 119 Å². The standard InChI is InChI=1S/C57H73N10O17PS2/c1-8-65-40-25-42-38(23-36(40)32(27-56(65,3)4)30-86(76,77)78)46(39-24-37-33(31-87(79,80)81)28-57(5,6)66(9-2)41(37)26-43(39)83-42)34-17-12-13-18-35(34)52(72)64(7)22-16-19-45(68)59-20-14-10-11-15-21-60-55-61-47-50(62-54(58)63-51(47)71)67(55)53-49(70)48(69)44(84-53)29-82-85(73,74)75/h12-13,17-18,23-28,44,48-49,53,69-70H,8-11,14-16,19-22,29-31H2,1-7H3,(H8,58,59,63,68,71,72,73,74,75,76,77,78,79,80,81)/t44-,48-,49-,53-/m1/s1. The molecule has 6 heterocycles. The summed E-state index contributed by atoms with van der Waals surface area (Å²) < 4.78 is 105. The summed E-state index contributed by atoms with van der Waals surface area (Å²) in [5.41, 5.74) is 7.47. The van der Waals surface area contributed by atoms with Gasteiger partial charge in [-0.3, -0.25) is 33.0 Å². The molecule has 5 aromatic rings. The first-order valence-electron chi connectivity index (χ1n) is 28.4. The maximum Gasteiger partial charge on any atom is 0.469 e. The van der Waals surface area contributed by atoms with Gasteiger partial charge in [0, 0.05) is 92.7 Å². The predicted octanol–water partition coefficient (Wildman–Crippen LogP) is 2.55. The second kappa shape index (κ2) is 24.9. The molecule has 3 aromatic carbocycles. The number of hydrogen-bond acceptors (Lipinski definition) is 19. The molecule has 4 aliphatic heterocycles. The number of ether oxygens (including phenoxy) is 2. The molecule has 1 fully saturated rings. The molecule has 2 aromatic heterocycles. The molecule has 470 valence electrons. The summed E-state index contributed by atoms with van der Waals surface area (Å²) in [4.78, 5) is 73.4. The van der Waals surface area contributed by atoms with Gasteiger partial charge in [0.1, 0.15) is 42.1 Å². The topological polar surface area (TPSA) is 395 Å². The van der Waals surface area contributed by atoms with Gasteiger partial charge in [0.15, 0.2) is 22.9 Å². The van der Waals surface area contributed by atoms with Crippen molar-refractivity contribution in [2.45, 2.75) is 116 Å². The molecule has 87 heavy (non-hydrogen) atoms. The van der Waals surface area contributed by atoms with E-state index in [2.05, 4.69) is 39.6 Å². The van der Waals surface area contributed by atoms with Crippen LogP contribution >= 0.6 is 7.82 Å². The van der Waals surface area contributed by atoms with Crippen molar-refractivity contribution in [1.82, 2.24) is 34.3 Å². The minimum atomic E-state index is -4.94. The highest BCUT2D eigenvalue weighted by Gasteiger charge is 2.47. The van der Waals surface area contributed by atoms with Crippen LogP contribution in [0.25, 0.3) is 27.9 Å². The number of nitrogens with one attached hydrogen (secondary N) is 3. The van der Waals surface area contributed by atoms with Crippen LogP contribution in [0.2, 0.25) is 0 Å². The number of benzene rings is 3. The molecule has 0 saturated carbocycles. The average Bonchev–Trinajstić information content (AvgIpc) is 1.34. The van der Waals surface area contributed by atoms with Crippen molar-refractivity contribution in [2.75, 3.05) is 73.8 Å². The van der Waals surface area contributed by atoms with E-state index in [0.29, 0.717) is 125 Å². The zero-order chi connectivity index (χ0) is 63.3. The molecular weight excluding hydrogens is 1190 g/mol. The fraction of sp³-hybridized carbons (Fsp3) is 0.474. The lowest BCUT2D eigenvalue weighted by Crippen LogP contribution is -2.50. The Hall–Kier alpha value is -6.89. The number of phosphoric ester groups is 1. The number of aromatic amines is 1. The lowest BCUT2D eigenvalue weighted by atomic mass is 9.83. The van der Waals surface area contributed by atoms with Crippen LogP contribution < -0.4 is 46.7 Å². The number of anilines is 3. The molecule has 30 heteroatoms. The Morgan fingerprint density at radius 1 is 0.908 bits per heavy atom. The third-order valence-corrected chi connectivity index (χ3v) is 17.7. The van der Waals surface area contributed by atoms with Crippen LogP contribution in [-0.2, 0) is 38.9 Å². The number of phosphoric acid groups is 1. The summed E-state index contributed by atoms with van der Waals surface area (Å²) in [6.07, 6.45) is 0.558. The maximum atomic E-state index is 14.8. The fourth-order valence-corrected chi connectivity index (χ4v) is 13.8. The first-order chi connectivity index (χ1) is 40.8. The van der Waals surface area contributed by atoms with E-state index < -0.39 is 87.3 Å². The number of unbranched alkanes of at least 4 members (excludes halogenated alkanes) is 3. The van der Waals surface area contributed by atoms with Crippen LogP contribution in [0.4, 0.5) is 17.6 Å². The molecule has 0 unspecified atom stereocenters. The molecule has 0 aliphatic carbocycles. The van der Waals surface area contributed by atoms with Crippen molar-refractivity contribution in [3.8, 4) is 11.5 Å². The number of amides is 2. The van der Waals surface area contributed by atoms with E-state index in [1.165, 1.54) is 9.47 Å². The minimum absolute atomic E-state index is 0.0408. The Kier molecular flexibility index (Phi) is 18.5. The van der Waals surface area contributed by atoms with E-state index in [0.717, 1.165) is 0 Å². The number of nitrogens with zero attached hydrogens (tertiary/aromatic N) is 6. The summed E-state index contributed by atoms with van der Waals surface area (Å²) in [6.45, 7) is 12.8.